The molecular weight excluding hydrogens is 296 g/mol. The lowest BCUT2D eigenvalue weighted by molar-refractivity contribution is -0.384. The van der Waals surface area contributed by atoms with Crippen LogP contribution in [0.1, 0.15) is 21.7 Å². The summed E-state index contributed by atoms with van der Waals surface area (Å²) < 4.78 is 1.55. The highest BCUT2D eigenvalue weighted by molar-refractivity contribution is 6.24. The van der Waals surface area contributed by atoms with Gasteiger partial charge in [-0.25, -0.2) is 4.68 Å². The molecule has 1 aromatic carbocycles. The van der Waals surface area contributed by atoms with Crippen LogP contribution in [0.3, 0.4) is 0 Å². The molecule has 0 unspecified atom stereocenters. The fourth-order valence-electron chi connectivity index (χ4n) is 2.24. The molecule has 1 heterocycles. The summed E-state index contributed by atoms with van der Waals surface area (Å²) in [6.45, 7) is 3.69. The highest BCUT2D eigenvalue weighted by atomic mass is 16.6. The SMILES string of the molecule is Cc1cc(C)n(C(=CN(C)C)C(=O)c2cccc([N+](=O)[O-])c2)n1. The van der Waals surface area contributed by atoms with Crippen LogP contribution < -0.4 is 0 Å². The van der Waals surface area contributed by atoms with Gasteiger partial charge in [0.25, 0.3) is 5.69 Å². The summed E-state index contributed by atoms with van der Waals surface area (Å²) in [4.78, 5) is 25.0. The van der Waals surface area contributed by atoms with Gasteiger partial charge in [-0.15, -0.1) is 0 Å². The Morgan fingerprint density at radius 2 is 2.00 bits per heavy atom. The Bertz CT molecular complexity index is 790. The standard InChI is InChI=1S/C16H18N4O3/c1-11-8-12(2)19(17-11)15(10-18(3)4)16(21)13-6-5-7-14(9-13)20(22)23/h5-10H,1-4H3. The van der Waals surface area contributed by atoms with E-state index in [0.29, 0.717) is 5.70 Å². The number of hydrogen-bond donors (Lipinski definition) is 0. The van der Waals surface area contributed by atoms with Crippen molar-refractivity contribution in [2.45, 2.75) is 13.8 Å². The quantitative estimate of drug-likeness (QED) is 0.367. The Balaban J connectivity index is 2.52. The predicted octanol–water partition coefficient (Wildman–Crippen LogP) is 2.65. The number of Topliss-reactive ketones (excluding diaryl/α,β-unsaturated/α-hetero) is 1. The van der Waals surface area contributed by atoms with Gasteiger partial charge < -0.3 is 4.90 Å². The number of rotatable bonds is 5. The van der Waals surface area contributed by atoms with Crippen LogP contribution >= 0.6 is 0 Å². The summed E-state index contributed by atoms with van der Waals surface area (Å²) in [7, 11) is 3.60. The van der Waals surface area contributed by atoms with Crippen LogP contribution in [0.2, 0.25) is 0 Å². The number of carbonyl (C=O) groups excluding carboxylic acids is 1. The van der Waals surface area contributed by atoms with Crippen molar-refractivity contribution < 1.29 is 9.72 Å². The van der Waals surface area contributed by atoms with Crippen molar-refractivity contribution >= 4 is 17.2 Å². The van der Waals surface area contributed by atoms with Gasteiger partial charge in [-0.3, -0.25) is 14.9 Å². The van der Waals surface area contributed by atoms with Gasteiger partial charge in [0.1, 0.15) is 5.70 Å². The van der Waals surface area contributed by atoms with Crippen molar-refractivity contribution in [2.75, 3.05) is 14.1 Å². The predicted molar refractivity (Wildman–Crippen MR) is 87.1 cm³/mol. The van der Waals surface area contributed by atoms with E-state index in [1.165, 1.54) is 18.2 Å². The minimum atomic E-state index is -0.518. The summed E-state index contributed by atoms with van der Waals surface area (Å²) in [6.07, 6.45) is 1.65. The molecule has 1 aromatic heterocycles. The number of aromatic nitrogens is 2. The lowest BCUT2D eigenvalue weighted by atomic mass is 10.1. The highest BCUT2D eigenvalue weighted by Gasteiger charge is 2.19. The molecule has 0 bridgehead atoms. The van der Waals surface area contributed by atoms with Crippen molar-refractivity contribution in [2.24, 2.45) is 0 Å². The fraction of sp³-hybridized carbons (Fsp3) is 0.250. The normalized spacial score (nSPS) is 11.4. The molecule has 23 heavy (non-hydrogen) atoms. The van der Waals surface area contributed by atoms with Crippen LogP contribution in [0.5, 0.6) is 0 Å². The van der Waals surface area contributed by atoms with Gasteiger partial charge in [0.2, 0.25) is 5.78 Å². The molecule has 0 N–H and O–H groups in total. The lowest BCUT2D eigenvalue weighted by Gasteiger charge is -2.13. The first-order valence-corrected chi connectivity index (χ1v) is 7.00. The number of nitro benzene ring substituents is 1. The molecule has 0 aliphatic heterocycles. The molecule has 0 atom stereocenters. The second-order valence-corrected chi connectivity index (χ2v) is 5.45. The van der Waals surface area contributed by atoms with Crippen LogP contribution in [0.4, 0.5) is 5.69 Å². The summed E-state index contributed by atoms with van der Waals surface area (Å²) >= 11 is 0. The monoisotopic (exact) mass is 314 g/mol. The maximum Gasteiger partial charge on any atom is 0.270 e. The fourth-order valence-corrected chi connectivity index (χ4v) is 2.24. The Hall–Kier alpha value is -2.96. The zero-order valence-corrected chi connectivity index (χ0v) is 13.5. The third-order valence-electron chi connectivity index (χ3n) is 3.17. The molecule has 0 aliphatic carbocycles. The number of ketones is 1. The van der Waals surface area contributed by atoms with E-state index in [-0.39, 0.29) is 17.0 Å². The highest BCUT2D eigenvalue weighted by Crippen LogP contribution is 2.20. The van der Waals surface area contributed by atoms with Crippen LogP contribution in [0.25, 0.3) is 5.70 Å². The van der Waals surface area contributed by atoms with Gasteiger partial charge in [-0.2, -0.15) is 5.10 Å². The number of nitrogens with zero attached hydrogens (tertiary/aromatic N) is 4. The summed E-state index contributed by atoms with van der Waals surface area (Å²) in [5, 5.41) is 15.2. The van der Waals surface area contributed by atoms with Crippen molar-refractivity contribution in [3.63, 3.8) is 0 Å². The molecule has 0 amide bonds. The van der Waals surface area contributed by atoms with Gasteiger partial charge in [-0.05, 0) is 19.9 Å². The number of hydrogen-bond acceptors (Lipinski definition) is 5. The summed E-state index contributed by atoms with van der Waals surface area (Å²) in [5.41, 5.74) is 2.07. The Morgan fingerprint density at radius 3 is 2.52 bits per heavy atom. The molecule has 0 fully saturated rings. The maximum atomic E-state index is 12.8. The largest absolute Gasteiger partial charge is 0.382 e. The number of aryl methyl sites for hydroxylation is 2. The Morgan fingerprint density at radius 1 is 1.30 bits per heavy atom. The lowest BCUT2D eigenvalue weighted by Crippen LogP contribution is -2.16. The minimum Gasteiger partial charge on any atom is -0.382 e. The average molecular weight is 314 g/mol. The van der Waals surface area contributed by atoms with Crippen molar-refractivity contribution in [3.05, 3.63) is 63.6 Å². The molecule has 2 aromatic rings. The smallest absolute Gasteiger partial charge is 0.270 e. The molecule has 0 saturated heterocycles. The minimum absolute atomic E-state index is 0.117. The van der Waals surface area contributed by atoms with Crippen molar-refractivity contribution in [1.82, 2.24) is 14.7 Å². The van der Waals surface area contributed by atoms with Crippen LogP contribution in [0, 0.1) is 24.0 Å². The number of non-ortho nitro benzene ring substituents is 1. The zero-order chi connectivity index (χ0) is 17.1. The topological polar surface area (TPSA) is 81.3 Å². The zero-order valence-electron chi connectivity index (χ0n) is 13.5. The summed E-state index contributed by atoms with van der Waals surface area (Å²) in [5.74, 6) is -0.325. The van der Waals surface area contributed by atoms with Crippen LogP contribution in [-0.4, -0.2) is 39.5 Å². The Kier molecular flexibility index (Phi) is 4.59. The van der Waals surface area contributed by atoms with E-state index in [1.54, 1.807) is 35.9 Å². The Labute approximate surface area is 134 Å². The van der Waals surface area contributed by atoms with E-state index < -0.39 is 4.92 Å². The first-order valence-electron chi connectivity index (χ1n) is 7.00. The van der Waals surface area contributed by atoms with E-state index in [2.05, 4.69) is 5.10 Å². The molecular formula is C16H18N4O3. The van der Waals surface area contributed by atoms with E-state index in [1.807, 2.05) is 19.9 Å². The first-order chi connectivity index (χ1) is 10.8. The number of nitro groups is 1. The van der Waals surface area contributed by atoms with Crippen LogP contribution in [0.15, 0.2) is 36.5 Å². The maximum absolute atomic E-state index is 12.8. The van der Waals surface area contributed by atoms with Gasteiger partial charge in [0.15, 0.2) is 0 Å². The molecule has 0 aliphatic rings. The van der Waals surface area contributed by atoms with E-state index in [0.717, 1.165) is 11.4 Å². The van der Waals surface area contributed by atoms with E-state index in [4.69, 9.17) is 0 Å². The second kappa shape index (κ2) is 6.43. The van der Waals surface area contributed by atoms with Crippen molar-refractivity contribution in [3.8, 4) is 0 Å². The van der Waals surface area contributed by atoms with Crippen LogP contribution in [-0.2, 0) is 0 Å². The molecule has 0 spiro atoms. The molecule has 7 heteroatoms. The van der Waals surface area contributed by atoms with Gasteiger partial charge in [0.05, 0.1) is 10.6 Å². The molecule has 7 nitrogen and oxygen atoms in total. The second-order valence-electron chi connectivity index (χ2n) is 5.45. The van der Waals surface area contributed by atoms with Gasteiger partial charge in [-0.1, -0.05) is 12.1 Å². The average Bonchev–Trinajstić information content (AvgIpc) is 2.82. The third-order valence-corrected chi connectivity index (χ3v) is 3.17. The van der Waals surface area contributed by atoms with Gasteiger partial charge >= 0.3 is 0 Å². The molecule has 120 valence electrons. The van der Waals surface area contributed by atoms with E-state index >= 15 is 0 Å². The third kappa shape index (κ3) is 3.63. The molecule has 2 rings (SSSR count). The molecule has 0 radical (unpaired) electrons. The summed E-state index contributed by atoms with van der Waals surface area (Å²) in [6, 6.07) is 7.56. The van der Waals surface area contributed by atoms with Gasteiger partial charge in [0, 0.05) is 43.7 Å². The number of benzene rings is 1. The molecule has 0 saturated carbocycles. The van der Waals surface area contributed by atoms with Crippen molar-refractivity contribution in [1.29, 1.82) is 0 Å². The first kappa shape index (κ1) is 16.4. The number of carbonyl (C=O) groups is 1. The number of allylic oxidation sites excluding steroid dienone is 1. The van der Waals surface area contributed by atoms with E-state index in [9.17, 15) is 14.9 Å².